The summed E-state index contributed by atoms with van der Waals surface area (Å²) in [4.78, 5) is 2.07. The molecule has 1 fully saturated rings. The molecular formula is C11H14FIN2O. The Morgan fingerprint density at radius 1 is 1.56 bits per heavy atom. The van der Waals surface area contributed by atoms with Crippen molar-refractivity contribution in [3.05, 3.63) is 21.5 Å². The van der Waals surface area contributed by atoms with Crippen LogP contribution in [0.3, 0.4) is 0 Å². The molecule has 1 aromatic rings. The van der Waals surface area contributed by atoms with E-state index in [9.17, 15) is 4.39 Å². The van der Waals surface area contributed by atoms with E-state index in [2.05, 4.69) is 4.90 Å². The summed E-state index contributed by atoms with van der Waals surface area (Å²) in [5.41, 5.74) is 7.31. The maximum absolute atomic E-state index is 13.5. The summed E-state index contributed by atoms with van der Waals surface area (Å²) < 4.78 is 19.3. The highest BCUT2D eigenvalue weighted by molar-refractivity contribution is 14.1. The zero-order valence-corrected chi connectivity index (χ0v) is 11.2. The fourth-order valence-corrected chi connectivity index (χ4v) is 2.46. The number of nitrogens with zero attached hydrogens (tertiary/aromatic N) is 1. The first kappa shape index (κ1) is 11.9. The summed E-state index contributed by atoms with van der Waals surface area (Å²) in [6.07, 6.45) is 1.19. The standard InChI is InChI=1S/C11H14FIN2O/c1-16-7-2-3-15(6-7)11-4-8(12)9(13)5-10(11)14/h4-5,7H,2-3,6,14H2,1H3. The Morgan fingerprint density at radius 2 is 2.31 bits per heavy atom. The van der Waals surface area contributed by atoms with Crippen LogP contribution in [0.5, 0.6) is 0 Å². The number of rotatable bonds is 2. The molecule has 0 saturated carbocycles. The topological polar surface area (TPSA) is 38.5 Å². The number of nitrogen functional groups attached to an aromatic ring is 1. The Bertz CT molecular complexity index is 400. The summed E-state index contributed by atoms with van der Waals surface area (Å²) >= 11 is 1.94. The second kappa shape index (κ2) is 4.75. The molecule has 2 rings (SSSR count). The molecule has 5 heteroatoms. The average Bonchev–Trinajstić information content (AvgIpc) is 2.71. The second-order valence-electron chi connectivity index (χ2n) is 3.92. The zero-order valence-electron chi connectivity index (χ0n) is 9.04. The van der Waals surface area contributed by atoms with Gasteiger partial charge in [-0.25, -0.2) is 4.39 Å². The minimum atomic E-state index is -0.217. The van der Waals surface area contributed by atoms with Gasteiger partial charge >= 0.3 is 0 Å². The quantitative estimate of drug-likeness (QED) is 0.665. The van der Waals surface area contributed by atoms with Crippen LogP contribution in [0.2, 0.25) is 0 Å². The summed E-state index contributed by atoms with van der Waals surface area (Å²) in [5.74, 6) is -0.217. The number of hydrogen-bond acceptors (Lipinski definition) is 3. The third kappa shape index (κ3) is 2.24. The molecule has 0 aliphatic carbocycles. The molecule has 1 aliphatic rings. The Kier molecular flexibility index (Phi) is 3.53. The number of ether oxygens (including phenoxy) is 1. The summed E-state index contributed by atoms with van der Waals surface area (Å²) in [6, 6.07) is 3.18. The van der Waals surface area contributed by atoms with E-state index in [1.807, 2.05) is 22.6 Å². The Balaban J connectivity index is 2.24. The van der Waals surface area contributed by atoms with Gasteiger partial charge in [0.1, 0.15) is 5.82 Å². The lowest BCUT2D eigenvalue weighted by Gasteiger charge is -2.20. The molecule has 0 aromatic heterocycles. The van der Waals surface area contributed by atoms with Gasteiger partial charge in [-0.05, 0) is 35.1 Å². The van der Waals surface area contributed by atoms with Crippen molar-refractivity contribution in [2.45, 2.75) is 12.5 Å². The lowest BCUT2D eigenvalue weighted by molar-refractivity contribution is 0.121. The highest BCUT2D eigenvalue weighted by Gasteiger charge is 2.24. The highest BCUT2D eigenvalue weighted by Crippen LogP contribution is 2.30. The van der Waals surface area contributed by atoms with Gasteiger partial charge in [-0.3, -0.25) is 0 Å². The van der Waals surface area contributed by atoms with Gasteiger partial charge < -0.3 is 15.4 Å². The summed E-state index contributed by atoms with van der Waals surface area (Å²) in [5, 5.41) is 0. The van der Waals surface area contributed by atoms with Crippen molar-refractivity contribution < 1.29 is 9.13 Å². The lowest BCUT2D eigenvalue weighted by atomic mass is 10.2. The first-order chi connectivity index (χ1) is 7.61. The number of benzene rings is 1. The molecule has 1 saturated heterocycles. The normalized spacial score (nSPS) is 20.4. The smallest absolute Gasteiger partial charge is 0.138 e. The van der Waals surface area contributed by atoms with Crippen LogP contribution in [0.1, 0.15) is 6.42 Å². The van der Waals surface area contributed by atoms with Crippen molar-refractivity contribution in [1.82, 2.24) is 0 Å². The maximum atomic E-state index is 13.5. The number of anilines is 2. The van der Waals surface area contributed by atoms with Gasteiger partial charge in [0.05, 0.1) is 21.0 Å². The third-order valence-corrected chi connectivity index (χ3v) is 3.72. The van der Waals surface area contributed by atoms with Crippen LogP contribution in [0.4, 0.5) is 15.8 Å². The SMILES string of the molecule is COC1CCN(c2cc(F)c(I)cc2N)C1. The third-order valence-electron chi connectivity index (χ3n) is 2.89. The molecule has 3 nitrogen and oxygen atoms in total. The Morgan fingerprint density at radius 3 is 2.94 bits per heavy atom. The van der Waals surface area contributed by atoms with E-state index in [0.717, 1.165) is 25.2 Å². The highest BCUT2D eigenvalue weighted by atomic mass is 127. The minimum Gasteiger partial charge on any atom is -0.397 e. The van der Waals surface area contributed by atoms with Gasteiger partial charge in [-0.2, -0.15) is 0 Å². The predicted molar refractivity (Wildman–Crippen MR) is 71.2 cm³/mol. The van der Waals surface area contributed by atoms with Gasteiger partial charge in [0.15, 0.2) is 0 Å². The molecule has 0 amide bonds. The van der Waals surface area contributed by atoms with E-state index in [1.165, 1.54) is 6.07 Å². The molecule has 0 bridgehead atoms. The molecule has 1 unspecified atom stereocenters. The molecule has 88 valence electrons. The van der Waals surface area contributed by atoms with Gasteiger partial charge in [-0.1, -0.05) is 0 Å². The van der Waals surface area contributed by atoms with Crippen LogP contribution in [0.15, 0.2) is 12.1 Å². The molecule has 1 heterocycles. The van der Waals surface area contributed by atoms with Crippen LogP contribution in [-0.2, 0) is 4.74 Å². The van der Waals surface area contributed by atoms with E-state index in [4.69, 9.17) is 10.5 Å². The van der Waals surface area contributed by atoms with E-state index in [1.54, 1.807) is 13.2 Å². The lowest BCUT2D eigenvalue weighted by Crippen LogP contribution is -2.23. The van der Waals surface area contributed by atoms with Crippen LogP contribution in [0, 0.1) is 9.39 Å². The molecule has 1 atom stereocenters. The van der Waals surface area contributed by atoms with E-state index in [-0.39, 0.29) is 11.9 Å². The molecule has 16 heavy (non-hydrogen) atoms. The Labute approximate surface area is 108 Å². The number of nitrogens with two attached hydrogens (primary N) is 1. The fourth-order valence-electron chi connectivity index (χ4n) is 1.96. The largest absolute Gasteiger partial charge is 0.397 e. The minimum absolute atomic E-state index is 0.217. The van der Waals surface area contributed by atoms with Gasteiger partial charge in [0.2, 0.25) is 0 Å². The first-order valence-corrected chi connectivity index (χ1v) is 6.22. The predicted octanol–water partition coefficient (Wildman–Crippen LogP) is 2.24. The number of hydrogen-bond donors (Lipinski definition) is 1. The second-order valence-corrected chi connectivity index (χ2v) is 5.08. The van der Waals surface area contributed by atoms with E-state index >= 15 is 0 Å². The number of halogens is 2. The fraction of sp³-hybridized carbons (Fsp3) is 0.455. The molecule has 0 radical (unpaired) electrons. The van der Waals surface area contributed by atoms with Crippen molar-refractivity contribution in [2.24, 2.45) is 0 Å². The molecule has 0 spiro atoms. The summed E-state index contributed by atoms with van der Waals surface area (Å²) in [7, 11) is 1.70. The Hall–Kier alpha value is -0.560. The van der Waals surface area contributed by atoms with Gasteiger partial charge in [0.25, 0.3) is 0 Å². The van der Waals surface area contributed by atoms with Crippen molar-refractivity contribution in [1.29, 1.82) is 0 Å². The van der Waals surface area contributed by atoms with Gasteiger partial charge in [0, 0.05) is 26.3 Å². The molecular weight excluding hydrogens is 322 g/mol. The van der Waals surface area contributed by atoms with Crippen molar-refractivity contribution in [2.75, 3.05) is 30.8 Å². The molecule has 2 N–H and O–H groups in total. The van der Waals surface area contributed by atoms with Crippen LogP contribution >= 0.6 is 22.6 Å². The van der Waals surface area contributed by atoms with E-state index in [0.29, 0.717) is 9.26 Å². The van der Waals surface area contributed by atoms with Gasteiger partial charge in [-0.15, -0.1) is 0 Å². The summed E-state index contributed by atoms with van der Waals surface area (Å²) in [6.45, 7) is 1.64. The van der Waals surface area contributed by atoms with Crippen LogP contribution in [-0.4, -0.2) is 26.3 Å². The first-order valence-electron chi connectivity index (χ1n) is 5.14. The molecule has 1 aromatic carbocycles. The zero-order chi connectivity index (χ0) is 11.7. The molecule has 1 aliphatic heterocycles. The van der Waals surface area contributed by atoms with Crippen LogP contribution < -0.4 is 10.6 Å². The van der Waals surface area contributed by atoms with E-state index < -0.39 is 0 Å². The maximum Gasteiger partial charge on any atom is 0.138 e. The van der Waals surface area contributed by atoms with Crippen molar-refractivity contribution in [3.63, 3.8) is 0 Å². The number of methoxy groups -OCH3 is 1. The van der Waals surface area contributed by atoms with Crippen LogP contribution in [0.25, 0.3) is 0 Å². The monoisotopic (exact) mass is 336 g/mol. The van der Waals surface area contributed by atoms with Crippen molar-refractivity contribution >= 4 is 34.0 Å². The van der Waals surface area contributed by atoms with Crippen molar-refractivity contribution in [3.8, 4) is 0 Å². The average molecular weight is 336 g/mol.